The second-order valence-electron chi connectivity index (χ2n) is 4.63. The van der Waals surface area contributed by atoms with Crippen molar-refractivity contribution in [3.05, 3.63) is 28.2 Å². The molecule has 1 amide bonds. The zero-order chi connectivity index (χ0) is 14.9. The van der Waals surface area contributed by atoms with E-state index in [1.807, 2.05) is 0 Å². The van der Waals surface area contributed by atoms with E-state index in [4.69, 9.17) is 9.84 Å². The third-order valence-corrected chi connectivity index (χ3v) is 4.05. The van der Waals surface area contributed by atoms with Crippen molar-refractivity contribution in [2.75, 3.05) is 20.3 Å². The second kappa shape index (κ2) is 5.80. The van der Waals surface area contributed by atoms with Crippen molar-refractivity contribution < 1.29 is 24.5 Å². The zero-order valence-electron chi connectivity index (χ0n) is 10.7. The normalized spacial score (nSPS) is 21.7. The Labute approximate surface area is 124 Å². The summed E-state index contributed by atoms with van der Waals surface area (Å²) < 4.78 is 5.64. The Balaban J connectivity index is 2.19. The van der Waals surface area contributed by atoms with E-state index in [-0.39, 0.29) is 24.9 Å². The molecule has 108 valence electrons. The van der Waals surface area contributed by atoms with E-state index in [1.165, 1.54) is 18.0 Å². The summed E-state index contributed by atoms with van der Waals surface area (Å²) in [6.45, 7) is 0.297. The highest BCUT2D eigenvalue weighted by Crippen LogP contribution is 2.26. The third-order valence-electron chi connectivity index (χ3n) is 3.38. The van der Waals surface area contributed by atoms with Crippen molar-refractivity contribution in [2.45, 2.75) is 6.04 Å². The molecule has 1 aromatic rings. The van der Waals surface area contributed by atoms with Crippen molar-refractivity contribution in [2.24, 2.45) is 5.92 Å². The van der Waals surface area contributed by atoms with Gasteiger partial charge in [-0.05, 0) is 34.1 Å². The van der Waals surface area contributed by atoms with E-state index in [0.717, 1.165) is 0 Å². The summed E-state index contributed by atoms with van der Waals surface area (Å²) in [5.41, 5.74) is 0.296. The van der Waals surface area contributed by atoms with Crippen LogP contribution in [0.5, 0.6) is 5.75 Å². The van der Waals surface area contributed by atoms with Gasteiger partial charge in [-0.15, -0.1) is 0 Å². The van der Waals surface area contributed by atoms with Gasteiger partial charge in [0.15, 0.2) is 0 Å². The number of carbonyl (C=O) groups excluding carboxylic acids is 1. The Bertz CT molecular complexity index is 548. The van der Waals surface area contributed by atoms with Gasteiger partial charge in [-0.3, -0.25) is 9.59 Å². The third kappa shape index (κ3) is 2.78. The molecule has 0 saturated carbocycles. The maximum absolute atomic E-state index is 12.3. The summed E-state index contributed by atoms with van der Waals surface area (Å²) in [4.78, 5) is 24.8. The number of halogens is 1. The predicted molar refractivity (Wildman–Crippen MR) is 73.6 cm³/mol. The summed E-state index contributed by atoms with van der Waals surface area (Å²) >= 11 is 3.14. The fourth-order valence-electron chi connectivity index (χ4n) is 2.16. The Morgan fingerprint density at radius 2 is 2.10 bits per heavy atom. The van der Waals surface area contributed by atoms with Crippen molar-refractivity contribution in [1.29, 1.82) is 0 Å². The SMILES string of the molecule is CN(C(=O)c1ccc(Br)c(O)c1)C1COCC1C(=O)O. The molecule has 0 bridgehead atoms. The molecule has 1 fully saturated rings. The summed E-state index contributed by atoms with van der Waals surface area (Å²) in [6.07, 6.45) is 0. The first-order chi connectivity index (χ1) is 9.41. The van der Waals surface area contributed by atoms with Crippen LogP contribution < -0.4 is 0 Å². The number of benzene rings is 1. The molecule has 2 atom stereocenters. The first kappa shape index (κ1) is 14.8. The Morgan fingerprint density at radius 3 is 2.70 bits per heavy atom. The van der Waals surface area contributed by atoms with E-state index < -0.39 is 17.9 Å². The van der Waals surface area contributed by atoms with E-state index in [9.17, 15) is 14.7 Å². The lowest BCUT2D eigenvalue weighted by Crippen LogP contribution is -2.44. The van der Waals surface area contributed by atoms with Crippen LogP contribution in [-0.2, 0) is 9.53 Å². The molecule has 0 radical (unpaired) electrons. The van der Waals surface area contributed by atoms with Crippen LogP contribution in [0, 0.1) is 5.92 Å². The Kier molecular flexibility index (Phi) is 4.29. The molecule has 2 N–H and O–H groups in total. The zero-order valence-corrected chi connectivity index (χ0v) is 12.3. The van der Waals surface area contributed by atoms with Crippen molar-refractivity contribution in [3.63, 3.8) is 0 Å². The largest absolute Gasteiger partial charge is 0.507 e. The van der Waals surface area contributed by atoms with Gasteiger partial charge in [0.2, 0.25) is 0 Å². The van der Waals surface area contributed by atoms with Gasteiger partial charge >= 0.3 is 5.97 Å². The van der Waals surface area contributed by atoms with Crippen molar-refractivity contribution in [3.8, 4) is 5.75 Å². The number of nitrogens with zero attached hydrogens (tertiary/aromatic N) is 1. The first-order valence-corrected chi connectivity index (χ1v) is 6.77. The molecule has 2 unspecified atom stereocenters. The van der Waals surface area contributed by atoms with Crippen LogP contribution >= 0.6 is 15.9 Å². The van der Waals surface area contributed by atoms with Gasteiger partial charge in [0.05, 0.1) is 23.7 Å². The molecule has 1 aromatic carbocycles. The number of carbonyl (C=O) groups is 2. The van der Waals surface area contributed by atoms with E-state index in [1.54, 1.807) is 12.1 Å². The number of aromatic hydroxyl groups is 1. The first-order valence-electron chi connectivity index (χ1n) is 5.98. The summed E-state index contributed by atoms with van der Waals surface area (Å²) in [5, 5.41) is 18.7. The molecule has 7 heteroatoms. The highest BCUT2D eigenvalue weighted by atomic mass is 79.9. The maximum Gasteiger partial charge on any atom is 0.311 e. The molecular formula is C13H14BrNO5. The quantitative estimate of drug-likeness (QED) is 0.864. The number of amides is 1. The summed E-state index contributed by atoms with van der Waals surface area (Å²) in [5.74, 6) is -2.10. The van der Waals surface area contributed by atoms with Crippen LogP contribution in [-0.4, -0.2) is 53.3 Å². The summed E-state index contributed by atoms with van der Waals surface area (Å²) in [6, 6.07) is 3.96. The van der Waals surface area contributed by atoms with Crippen molar-refractivity contribution in [1.82, 2.24) is 4.90 Å². The Morgan fingerprint density at radius 1 is 1.40 bits per heavy atom. The average molecular weight is 344 g/mol. The van der Waals surface area contributed by atoms with Gasteiger partial charge in [0, 0.05) is 12.6 Å². The maximum atomic E-state index is 12.3. The minimum Gasteiger partial charge on any atom is -0.507 e. The minimum absolute atomic E-state index is 0.0401. The predicted octanol–water partition coefficient (Wildman–Crippen LogP) is 1.33. The number of ether oxygens (including phenoxy) is 1. The highest BCUT2D eigenvalue weighted by Gasteiger charge is 2.38. The van der Waals surface area contributed by atoms with Gasteiger partial charge in [-0.2, -0.15) is 0 Å². The number of likely N-dealkylation sites (N-methyl/N-ethyl adjacent to an activating group) is 1. The van der Waals surface area contributed by atoms with Gasteiger partial charge in [0.25, 0.3) is 5.91 Å². The number of phenolic OH excluding ortho intramolecular Hbond substituents is 1. The van der Waals surface area contributed by atoms with Gasteiger partial charge in [-0.1, -0.05) is 0 Å². The van der Waals surface area contributed by atoms with Crippen LogP contribution in [0.1, 0.15) is 10.4 Å². The number of phenols is 1. The fraction of sp³-hybridized carbons (Fsp3) is 0.385. The molecular weight excluding hydrogens is 330 g/mol. The molecule has 2 rings (SSSR count). The highest BCUT2D eigenvalue weighted by molar-refractivity contribution is 9.10. The molecule has 1 saturated heterocycles. The van der Waals surface area contributed by atoms with Gasteiger partial charge in [-0.25, -0.2) is 0 Å². The monoisotopic (exact) mass is 343 g/mol. The van der Waals surface area contributed by atoms with Crippen LogP contribution in [0.25, 0.3) is 0 Å². The number of rotatable bonds is 3. The lowest BCUT2D eigenvalue weighted by atomic mass is 10.0. The molecule has 20 heavy (non-hydrogen) atoms. The fourth-order valence-corrected chi connectivity index (χ4v) is 2.41. The Hall–Kier alpha value is -1.60. The van der Waals surface area contributed by atoms with Gasteiger partial charge in [0.1, 0.15) is 11.7 Å². The van der Waals surface area contributed by atoms with Crippen LogP contribution in [0.4, 0.5) is 0 Å². The molecule has 1 heterocycles. The topological polar surface area (TPSA) is 87.1 Å². The van der Waals surface area contributed by atoms with E-state index >= 15 is 0 Å². The van der Waals surface area contributed by atoms with Crippen LogP contribution in [0.3, 0.4) is 0 Å². The number of aliphatic carboxylic acids is 1. The number of carboxylic acids is 1. The molecule has 0 spiro atoms. The van der Waals surface area contributed by atoms with E-state index in [2.05, 4.69) is 15.9 Å². The molecule has 1 aliphatic rings. The second-order valence-corrected chi connectivity index (χ2v) is 5.49. The number of hydrogen-bond donors (Lipinski definition) is 2. The van der Waals surface area contributed by atoms with Crippen LogP contribution in [0.15, 0.2) is 22.7 Å². The number of hydrogen-bond acceptors (Lipinski definition) is 4. The van der Waals surface area contributed by atoms with Gasteiger partial charge < -0.3 is 19.8 Å². The lowest BCUT2D eigenvalue weighted by molar-refractivity contribution is -0.142. The average Bonchev–Trinajstić information content (AvgIpc) is 2.89. The smallest absolute Gasteiger partial charge is 0.311 e. The minimum atomic E-state index is -0.981. The van der Waals surface area contributed by atoms with Crippen molar-refractivity contribution >= 4 is 27.8 Å². The van der Waals surface area contributed by atoms with Crippen LogP contribution in [0.2, 0.25) is 0 Å². The van der Waals surface area contributed by atoms with E-state index in [0.29, 0.717) is 10.0 Å². The molecule has 1 aliphatic heterocycles. The molecule has 6 nitrogen and oxygen atoms in total. The number of carboxylic acid groups (broad SMARTS) is 1. The summed E-state index contributed by atoms with van der Waals surface area (Å²) in [7, 11) is 1.54. The lowest BCUT2D eigenvalue weighted by Gasteiger charge is -2.26. The molecule has 0 aliphatic carbocycles. The molecule has 0 aromatic heterocycles. The standard InChI is InChI=1S/C13H14BrNO5/c1-15(10-6-20-5-8(10)13(18)19)12(17)7-2-3-9(14)11(16)4-7/h2-4,8,10,16H,5-6H2,1H3,(H,18,19).